The molecule has 0 amide bonds. The van der Waals surface area contributed by atoms with E-state index < -0.39 is 28.3 Å². The molecule has 2 aromatic carbocycles. The lowest BCUT2D eigenvalue weighted by Gasteiger charge is -2.09. The Hall–Kier alpha value is -4.73. The first-order chi connectivity index (χ1) is 15.2. The number of aromatic amines is 1. The minimum Gasteiger partial charge on any atom is -0.406 e. The molecule has 0 aliphatic rings. The van der Waals surface area contributed by atoms with Gasteiger partial charge in [0.15, 0.2) is 0 Å². The van der Waals surface area contributed by atoms with Crippen molar-refractivity contribution >= 4 is 17.9 Å². The van der Waals surface area contributed by atoms with Gasteiger partial charge in [0, 0.05) is 11.6 Å². The number of hydrogen-bond donors (Lipinski definition) is 2. The molecule has 0 aliphatic carbocycles. The van der Waals surface area contributed by atoms with Gasteiger partial charge in [0.05, 0.1) is 22.4 Å². The molecular weight excluding hydrogens is 433 g/mol. The summed E-state index contributed by atoms with van der Waals surface area (Å²) in [4.78, 5) is 28.9. The third-order valence-corrected chi connectivity index (χ3v) is 3.88. The molecule has 162 valence electrons. The first-order valence-corrected chi connectivity index (χ1v) is 8.61. The summed E-state index contributed by atoms with van der Waals surface area (Å²) in [6, 6.07) is 12.5. The Morgan fingerprint density at radius 1 is 1.25 bits per heavy atom. The normalized spacial score (nSPS) is 11.2. The molecule has 3 aromatic rings. The fourth-order valence-electron chi connectivity index (χ4n) is 2.60. The summed E-state index contributed by atoms with van der Waals surface area (Å²) in [5, 5.41) is 24.1. The number of nitrogens with zero attached hydrogens (tertiary/aromatic N) is 4. The van der Waals surface area contributed by atoms with Crippen LogP contribution in [0.5, 0.6) is 5.75 Å². The molecule has 3 rings (SSSR count). The predicted octanol–water partition coefficient (Wildman–Crippen LogP) is 3.56. The Labute approximate surface area is 176 Å². The van der Waals surface area contributed by atoms with Gasteiger partial charge in [0.25, 0.3) is 11.2 Å². The van der Waals surface area contributed by atoms with Gasteiger partial charge in [-0.05, 0) is 12.1 Å². The zero-order chi connectivity index (χ0) is 23.3. The number of aromatic nitrogens is 2. The highest BCUT2D eigenvalue weighted by molar-refractivity contribution is 5.86. The number of hydrogen-bond acceptors (Lipinski definition) is 8. The number of halogens is 3. The molecule has 0 saturated heterocycles. The first-order valence-electron chi connectivity index (χ1n) is 8.61. The van der Waals surface area contributed by atoms with E-state index in [4.69, 9.17) is 0 Å². The Bertz CT molecular complexity index is 1280. The summed E-state index contributed by atoms with van der Waals surface area (Å²) in [6.07, 6.45) is -4.12. The maximum Gasteiger partial charge on any atom is 0.573 e. The zero-order valence-corrected chi connectivity index (χ0v) is 15.8. The van der Waals surface area contributed by atoms with E-state index in [1.165, 1.54) is 0 Å². The standard InChI is InChI=1S/C19H11F3N6O4/c20-19(21,22)32-13-6-7-15(28(30)31)12(8-13)10-24-27-18-25-16(11-4-2-1-3-5-11)14(9-23)17(29)26-18/h1-8,10H,(H2,25,26,27,29). The van der Waals surface area contributed by atoms with E-state index in [1.807, 2.05) is 0 Å². The highest BCUT2D eigenvalue weighted by Crippen LogP contribution is 2.27. The average molecular weight is 444 g/mol. The molecule has 0 atom stereocenters. The van der Waals surface area contributed by atoms with Crippen molar-refractivity contribution in [3.63, 3.8) is 0 Å². The Morgan fingerprint density at radius 3 is 2.59 bits per heavy atom. The van der Waals surface area contributed by atoms with Crippen LogP contribution in [0.2, 0.25) is 0 Å². The van der Waals surface area contributed by atoms with Crippen molar-refractivity contribution in [2.75, 3.05) is 5.43 Å². The van der Waals surface area contributed by atoms with Gasteiger partial charge in [0.2, 0.25) is 5.95 Å². The van der Waals surface area contributed by atoms with E-state index in [1.54, 1.807) is 36.4 Å². The van der Waals surface area contributed by atoms with Crippen LogP contribution in [0.15, 0.2) is 58.4 Å². The van der Waals surface area contributed by atoms with Crippen molar-refractivity contribution < 1.29 is 22.8 Å². The van der Waals surface area contributed by atoms with Crippen molar-refractivity contribution in [1.29, 1.82) is 5.26 Å². The Balaban J connectivity index is 1.93. The number of ether oxygens (including phenoxy) is 1. The van der Waals surface area contributed by atoms with E-state index in [0.717, 1.165) is 24.4 Å². The molecule has 2 N–H and O–H groups in total. The third-order valence-electron chi connectivity index (χ3n) is 3.88. The van der Waals surface area contributed by atoms with Crippen LogP contribution in [0.3, 0.4) is 0 Å². The molecule has 0 aliphatic heterocycles. The summed E-state index contributed by atoms with van der Waals surface area (Å²) in [7, 11) is 0. The number of anilines is 1. The monoisotopic (exact) mass is 444 g/mol. The van der Waals surface area contributed by atoms with Gasteiger partial charge in [-0.15, -0.1) is 13.2 Å². The lowest BCUT2D eigenvalue weighted by Crippen LogP contribution is -2.17. The van der Waals surface area contributed by atoms with Gasteiger partial charge in [-0.2, -0.15) is 10.4 Å². The molecule has 0 unspecified atom stereocenters. The minimum absolute atomic E-state index is 0.0705. The first kappa shape index (κ1) is 22.0. The second kappa shape index (κ2) is 8.96. The van der Waals surface area contributed by atoms with Crippen LogP contribution in [0.1, 0.15) is 11.1 Å². The van der Waals surface area contributed by atoms with Crippen LogP contribution < -0.4 is 15.7 Å². The molecule has 1 heterocycles. The summed E-state index contributed by atoms with van der Waals surface area (Å²) in [6.45, 7) is 0. The van der Waals surface area contributed by atoms with E-state index in [-0.39, 0.29) is 22.8 Å². The van der Waals surface area contributed by atoms with Crippen molar-refractivity contribution in [3.8, 4) is 23.1 Å². The van der Waals surface area contributed by atoms with Gasteiger partial charge in [-0.1, -0.05) is 30.3 Å². The Morgan fingerprint density at radius 2 is 1.97 bits per heavy atom. The van der Waals surface area contributed by atoms with Crippen LogP contribution >= 0.6 is 0 Å². The number of nitro benzene ring substituents is 1. The van der Waals surface area contributed by atoms with Crippen LogP contribution in [-0.2, 0) is 0 Å². The van der Waals surface area contributed by atoms with E-state index in [9.17, 15) is 33.3 Å². The lowest BCUT2D eigenvalue weighted by molar-refractivity contribution is -0.385. The minimum atomic E-state index is -4.98. The maximum atomic E-state index is 12.4. The lowest BCUT2D eigenvalue weighted by atomic mass is 10.1. The second-order valence-corrected chi connectivity index (χ2v) is 6.01. The fraction of sp³-hybridized carbons (Fsp3) is 0.0526. The van der Waals surface area contributed by atoms with Crippen molar-refractivity contribution in [3.05, 3.63) is 80.1 Å². The number of nitrogens with one attached hydrogen (secondary N) is 2. The smallest absolute Gasteiger partial charge is 0.406 e. The highest BCUT2D eigenvalue weighted by Gasteiger charge is 2.31. The molecule has 32 heavy (non-hydrogen) atoms. The number of alkyl halides is 3. The summed E-state index contributed by atoms with van der Waals surface area (Å²) in [5.74, 6) is -0.879. The van der Waals surface area contributed by atoms with Crippen LogP contribution in [0.4, 0.5) is 24.8 Å². The molecule has 0 bridgehead atoms. The third kappa shape index (κ3) is 5.25. The van der Waals surface area contributed by atoms with Gasteiger partial charge in [-0.3, -0.25) is 19.9 Å². The van der Waals surface area contributed by atoms with Crippen molar-refractivity contribution in [1.82, 2.24) is 9.97 Å². The highest BCUT2D eigenvalue weighted by atomic mass is 19.4. The zero-order valence-electron chi connectivity index (χ0n) is 15.8. The van der Waals surface area contributed by atoms with Crippen LogP contribution in [0.25, 0.3) is 11.3 Å². The number of H-pyrrole nitrogens is 1. The summed E-state index contributed by atoms with van der Waals surface area (Å²) < 4.78 is 41.0. The van der Waals surface area contributed by atoms with Gasteiger partial charge in [0.1, 0.15) is 17.4 Å². The maximum absolute atomic E-state index is 12.4. The number of benzene rings is 2. The van der Waals surface area contributed by atoms with E-state index in [2.05, 4.69) is 25.2 Å². The van der Waals surface area contributed by atoms with Crippen LogP contribution in [0, 0.1) is 21.4 Å². The van der Waals surface area contributed by atoms with Gasteiger partial charge >= 0.3 is 6.36 Å². The van der Waals surface area contributed by atoms with Gasteiger partial charge in [-0.25, -0.2) is 10.4 Å². The van der Waals surface area contributed by atoms with Gasteiger partial charge < -0.3 is 4.74 Å². The molecule has 0 fully saturated rings. The molecule has 0 radical (unpaired) electrons. The summed E-state index contributed by atoms with van der Waals surface area (Å²) >= 11 is 0. The average Bonchev–Trinajstić information content (AvgIpc) is 2.73. The molecule has 0 saturated carbocycles. The molecule has 13 heteroatoms. The second-order valence-electron chi connectivity index (χ2n) is 6.01. The molecule has 10 nitrogen and oxygen atoms in total. The largest absolute Gasteiger partial charge is 0.573 e. The van der Waals surface area contributed by atoms with Crippen LogP contribution in [-0.4, -0.2) is 27.5 Å². The number of rotatable bonds is 6. The van der Waals surface area contributed by atoms with E-state index in [0.29, 0.717) is 5.56 Å². The number of nitriles is 1. The summed E-state index contributed by atoms with van der Waals surface area (Å²) in [5.41, 5.74) is 1.06. The molecule has 0 spiro atoms. The van der Waals surface area contributed by atoms with Crippen molar-refractivity contribution in [2.24, 2.45) is 5.10 Å². The molecular formula is C19H11F3N6O4. The fourth-order valence-corrected chi connectivity index (χ4v) is 2.60. The Kier molecular flexibility index (Phi) is 6.15. The molecule has 1 aromatic heterocycles. The SMILES string of the molecule is N#Cc1c(-c2ccccc2)nc(NN=Cc2cc(OC(F)(F)F)ccc2[N+](=O)[O-])[nH]c1=O. The van der Waals surface area contributed by atoms with Crippen molar-refractivity contribution in [2.45, 2.75) is 6.36 Å². The predicted molar refractivity (Wildman–Crippen MR) is 106 cm³/mol. The number of hydrazone groups is 1. The quantitative estimate of drug-likeness (QED) is 0.336. The topological polar surface area (TPSA) is 146 Å². The van der Waals surface area contributed by atoms with E-state index >= 15 is 0 Å². The number of nitro groups is 1.